The van der Waals surface area contributed by atoms with E-state index in [1.807, 2.05) is 29.2 Å². The van der Waals surface area contributed by atoms with Crippen LogP contribution in [0.2, 0.25) is 0 Å². The molecule has 26 heavy (non-hydrogen) atoms. The smallest absolute Gasteiger partial charge is 0.223 e. The molecule has 0 bridgehead atoms. The number of hydrogen-bond acceptors (Lipinski definition) is 4. The summed E-state index contributed by atoms with van der Waals surface area (Å²) < 4.78 is 0. The topological polar surface area (TPSA) is 44.1 Å². The zero-order valence-corrected chi connectivity index (χ0v) is 15.9. The van der Waals surface area contributed by atoms with E-state index >= 15 is 0 Å². The highest BCUT2D eigenvalue weighted by Crippen LogP contribution is 2.39. The van der Waals surface area contributed by atoms with Gasteiger partial charge in [-0.15, -0.1) is 22.7 Å². The lowest BCUT2D eigenvalue weighted by atomic mass is 9.97. The molecule has 1 atom stereocenters. The van der Waals surface area contributed by atoms with E-state index in [0.717, 1.165) is 18.5 Å². The summed E-state index contributed by atoms with van der Waals surface area (Å²) >= 11 is 3.51. The summed E-state index contributed by atoms with van der Waals surface area (Å²) in [6.45, 7) is 0.780. The molecule has 3 aromatic rings. The van der Waals surface area contributed by atoms with Crippen molar-refractivity contribution in [3.63, 3.8) is 0 Å². The number of aryl methyl sites for hydroxylation is 1. The number of thiophene rings is 2. The molecule has 0 saturated heterocycles. The Morgan fingerprint density at radius 1 is 1.15 bits per heavy atom. The van der Waals surface area contributed by atoms with Crippen LogP contribution >= 0.6 is 22.7 Å². The van der Waals surface area contributed by atoms with E-state index in [0.29, 0.717) is 18.4 Å². The summed E-state index contributed by atoms with van der Waals surface area (Å²) in [7, 11) is 0. The zero-order valence-electron chi connectivity index (χ0n) is 14.2. The number of nitrogens with zero attached hydrogens (tertiary/aromatic N) is 2. The molecule has 4 rings (SSSR count). The summed E-state index contributed by atoms with van der Waals surface area (Å²) in [6, 6.07) is 16.0. The second kappa shape index (κ2) is 7.45. The molecule has 5 heteroatoms. The van der Waals surface area contributed by atoms with Gasteiger partial charge in [0.15, 0.2) is 0 Å². The molecule has 1 unspecified atom stereocenters. The van der Waals surface area contributed by atoms with Crippen LogP contribution in [0.5, 0.6) is 0 Å². The number of amides is 1. The fourth-order valence-corrected chi connectivity index (χ4v) is 5.24. The number of nitriles is 1. The van der Waals surface area contributed by atoms with Crippen molar-refractivity contribution < 1.29 is 4.79 Å². The average molecular weight is 379 g/mol. The van der Waals surface area contributed by atoms with Gasteiger partial charge in [-0.2, -0.15) is 5.26 Å². The van der Waals surface area contributed by atoms with Gasteiger partial charge in [-0.1, -0.05) is 18.2 Å². The van der Waals surface area contributed by atoms with Crippen molar-refractivity contribution in [1.82, 2.24) is 4.90 Å². The molecule has 0 spiro atoms. The number of hydrogen-bond donors (Lipinski definition) is 0. The van der Waals surface area contributed by atoms with Crippen LogP contribution in [0, 0.1) is 11.3 Å². The van der Waals surface area contributed by atoms with Gasteiger partial charge in [0.2, 0.25) is 5.91 Å². The quantitative estimate of drug-likeness (QED) is 0.655. The number of rotatable bonds is 4. The summed E-state index contributed by atoms with van der Waals surface area (Å²) in [5.74, 6) is 0.199. The predicted octanol–water partition coefficient (Wildman–Crippen LogP) is 4.79. The third-order valence-corrected chi connectivity index (χ3v) is 6.73. The largest absolute Gasteiger partial charge is 0.330 e. The van der Waals surface area contributed by atoms with E-state index in [-0.39, 0.29) is 11.9 Å². The SMILES string of the molecule is N#Cc1ccc(CCC(=O)N2CCc3sccc3C2c2cccs2)cc1. The third kappa shape index (κ3) is 3.31. The number of benzene rings is 1. The molecule has 0 saturated carbocycles. The lowest BCUT2D eigenvalue weighted by molar-refractivity contribution is -0.133. The van der Waals surface area contributed by atoms with Crippen molar-refractivity contribution in [2.75, 3.05) is 6.54 Å². The molecule has 130 valence electrons. The fraction of sp³-hybridized carbons (Fsp3) is 0.238. The lowest BCUT2D eigenvalue weighted by Gasteiger charge is -2.35. The maximum Gasteiger partial charge on any atom is 0.223 e. The van der Waals surface area contributed by atoms with Crippen LogP contribution in [0.3, 0.4) is 0 Å². The van der Waals surface area contributed by atoms with Crippen LogP contribution in [-0.2, 0) is 17.6 Å². The van der Waals surface area contributed by atoms with Crippen molar-refractivity contribution in [3.05, 3.63) is 79.7 Å². The second-order valence-corrected chi connectivity index (χ2v) is 8.34. The Balaban J connectivity index is 1.52. The molecule has 1 amide bonds. The minimum atomic E-state index is 0.0541. The average Bonchev–Trinajstić information content (AvgIpc) is 3.37. The Morgan fingerprint density at radius 2 is 2.00 bits per heavy atom. The van der Waals surface area contributed by atoms with Crippen molar-refractivity contribution in [2.24, 2.45) is 0 Å². The highest BCUT2D eigenvalue weighted by atomic mass is 32.1. The Kier molecular flexibility index (Phi) is 4.87. The van der Waals surface area contributed by atoms with E-state index in [4.69, 9.17) is 5.26 Å². The number of fused-ring (bicyclic) bond motifs is 1. The summed E-state index contributed by atoms with van der Waals surface area (Å²) in [5.41, 5.74) is 3.03. The minimum Gasteiger partial charge on any atom is -0.330 e. The Hall–Kier alpha value is -2.42. The Labute approximate surface area is 161 Å². The first-order chi connectivity index (χ1) is 12.8. The molecule has 1 aliphatic heterocycles. The van der Waals surface area contributed by atoms with Crippen molar-refractivity contribution >= 4 is 28.6 Å². The molecule has 1 aliphatic rings. The molecule has 0 fully saturated rings. The standard InChI is InChI=1S/C21H18N2OS2/c22-14-16-5-3-15(4-6-16)7-8-20(24)23-11-9-18-17(10-13-26-18)21(23)19-2-1-12-25-19/h1-6,10,12-13,21H,7-9,11H2. The maximum atomic E-state index is 13.0. The minimum absolute atomic E-state index is 0.0541. The van der Waals surface area contributed by atoms with Gasteiger partial charge in [0.1, 0.15) is 0 Å². The molecule has 3 heterocycles. The Bertz CT molecular complexity index is 935. The first-order valence-corrected chi connectivity index (χ1v) is 10.4. The van der Waals surface area contributed by atoms with Gasteiger partial charge >= 0.3 is 0 Å². The van der Waals surface area contributed by atoms with Crippen molar-refractivity contribution in [3.8, 4) is 6.07 Å². The van der Waals surface area contributed by atoms with Gasteiger partial charge in [0.25, 0.3) is 0 Å². The number of carbonyl (C=O) groups excluding carboxylic acids is 1. The van der Waals surface area contributed by atoms with Gasteiger partial charge < -0.3 is 4.90 Å². The maximum absolute atomic E-state index is 13.0. The third-order valence-electron chi connectivity index (χ3n) is 4.81. The number of carbonyl (C=O) groups is 1. The normalized spacial score (nSPS) is 16.1. The van der Waals surface area contributed by atoms with Gasteiger partial charge in [-0.3, -0.25) is 4.79 Å². The highest BCUT2D eigenvalue weighted by molar-refractivity contribution is 7.10. The molecule has 1 aromatic carbocycles. The molecule has 2 aromatic heterocycles. The molecular formula is C21H18N2OS2. The van der Waals surface area contributed by atoms with Crippen LogP contribution in [0.15, 0.2) is 53.2 Å². The lowest BCUT2D eigenvalue weighted by Crippen LogP contribution is -2.39. The highest BCUT2D eigenvalue weighted by Gasteiger charge is 2.32. The Morgan fingerprint density at radius 3 is 2.73 bits per heavy atom. The monoisotopic (exact) mass is 378 g/mol. The van der Waals surface area contributed by atoms with Gasteiger partial charge in [-0.25, -0.2) is 0 Å². The van der Waals surface area contributed by atoms with E-state index in [9.17, 15) is 4.79 Å². The van der Waals surface area contributed by atoms with Gasteiger partial charge in [0.05, 0.1) is 17.7 Å². The van der Waals surface area contributed by atoms with Crippen molar-refractivity contribution in [1.29, 1.82) is 5.26 Å². The van der Waals surface area contributed by atoms with E-state index in [1.165, 1.54) is 15.3 Å². The molecule has 3 nitrogen and oxygen atoms in total. The van der Waals surface area contributed by atoms with Crippen LogP contribution in [0.25, 0.3) is 0 Å². The first kappa shape index (κ1) is 17.0. The van der Waals surface area contributed by atoms with E-state index in [1.54, 1.807) is 22.7 Å². The van der Waals surface area contributed by atoms with Crippen LogP contribution < -0.4 is 0 Å². The molecular weight excluding hydrogens is 360 g/mol. The predicted molar refractivity (Wildman–Crippen MR) is 105 cm³/mol. The first-order valence-electron chi connectivity index (χ1n) is 8.64. The fourth-order valence-electron chi connectivity index (χ4n) is 3.48. The van der Waals surface area contributed by atoms with Gasteiger partial charge in [-0.05, 0) is 59.0 Å². The summed E-state index contributed by atoms with van der Waals surface area (Å²) in [6.07, 6.45) is 2.14. The van der Waals surface area contributed by atoms with Crippen LogP contribution in [0.4, 0.5) is 0 Å². The summed E-state index contributed by atoms with van der Waals surface area (Å²) in [5, 5.41) is 13.1. The van der Waals surface area contributed by atoms with E-state index < -0.39 is 0 Å². The van der Waals surface area contributed by atoms with E-state index in [2.05, 4.69) is 35.0 Å². The summed E-state index contributed by atoms with van der Waals surface area (Å²) in [4.78, 5) is 17.7. The molecule has 0 radical (unpaired) electrons. The molecule has 0 aliphatic carbocycles. The van der Waals surface area contributed by atoms with Gasteiger partial charge in [0, 0.05) is 22.7 Å². The van der Waals surface area contributed by atoms with Crippen molar-refractivity contribution in [2.45, 2.75) is 25.3 Å². The van der Waals surface area contributed by atoms with Crippen LogP contribution in [-0.4, -0.2) is 17.4 Å². The van der Waals surface area contributed by atoms with Crippen LogP contribution in [0.1, 0.15) is 38.9 Å². The second-order valence-electron chi connectivity index (χ2n) is 6.36. The molecule has 0 N–H and O–H groups in total. The zero-order chi connectivity index (χ0) is 17.9.